The summed E-state index contributed by atoms with van der Waals surface area (Å²) in [6, 6.07) is 8.08. The summed E-state index contributed by atoms with van der Waals surface area (Å²) in [6.07, 6.45) is 1.49. The number of nitrogens with two attached hydrogens (primary N) is 1. The normalized spacial score (nSPS) is 11.9. The van der Waals surface area contributed by atoms with Crippen LogP contribution in [0, 0.1) is 18.8 Å². The second kappa shape index (κ2) is 6.78. The van der Waals surface area contributed by atoms with Gasteiger partial charge in [0.1, 0.15) is 5.54 Å². The number of primary amides is 1. The fourth-order valence-electron chi connectivity index (χ4n) is 2.84. The first kappa shape index (κ1) is 16.5. The number of aryl methyl sites for hydroxylation is 1. The largest absolute Gasteiger partial charge is 0.371 e. The highest BCUT2D eigenvalue weighted by molar-refractivity contribution is 5.88. The zero-order chi connectivity index (χ0) is 15.3. The number of anilines is 1. The maximum absolute atomic E-state index is 12.1. The highest BCUT2D eigenvalue weighted by atomic mass is 16.1. The highest BCUT2D eigenvalue weighted by Gasteiger charge is 2.37. The fraction of sp³-hybridized carbons (Fsp3) is 0.588. The molecule has 1 rings (SSSR count). The van der Waals surface area contributed by atoms with Crippen LogP contribution < -0.4 is 11.1 Å². The van der Waals surface area contributed by atoms with Crippen molar-refractivity contribution in [3.05, 3.63) is 29.8 Å². The quantitative estimate of drug-likeness (QED) is 0.797. The molecule has 0 heterocycles. The van der Waals surface area contributed by atoms with E-state index in [1.165, 1.54) is 5.56 Å². The molecule has 20 heavy (non-hydrogen) atoms. The van der Waals surface area contributed by atoms with Crippen molar-refractivity contribution in [2.24, 2.45) is 17.6 Å². The molecule has 3 nitrogen and oxygen atoms in total. The number of hydrogen-bond donors (Lipinski definition) is 2. The summed E-state index contributed by atoms with van der Waals surface area (Å²) in [6.45, 7) is 10.5. The number of hydrogen-bond acceptors (Lipinski definition) is 2. The van der Waals surface area contributed by atoms with Crippen molar-refractivity contribution in [1.82, 2.24) is 0 Å². The average molecular weight is 276 g/mol. The van der Waals surface area contributed by atoms with Crippen LogP contribution in [0.1, 0.15) is 46.1 Å². The number of rotatable bonds is 7. The van der Waals surface area contributed by atoms with E-state index in [1.54, 1.807) is 0 Å². The molecule has 0 radical (unpaired) electrons. The number of carbonyl (C=O) groups excluding carboxylic acids is 1. The van der Waals surface area contributed by atoms with Gasteiger partial charge in [0.15, 0.2) is 0 Å². The van der Waals surface area contributed by atoms with Gasteiger partial charge >= 0.3 is 0 Å². The first-order valence-corrected chi connectivity index (χ1v) is 7.40. The molecule has 3 N–H and O–H groups in total. The van der Waals surface area contributed by atoms with E-state index in [2.05, 4.69) is 39.1 Å². The Kier molecular flexibility index (Phi) is 5.61. The minimum absolute atomic E-state index is 0.263. The molecule has 0 fully saturated rings. The molecule has 0 aliphatic rings. The lowest BCUT2D eigenvalue weighted by atomic mass is 9.81. The fourth-order valence-corrected chi connectivity index (χ4v) is 2.84. The lowest BCUT2D eigenvalue weighted by Crippen LogP contribution is -2.52. The molecule has 0 spiro atoms. The Hall–Kier alpha value is -1.51. The Morgan fingerprint density at radius 2 is 1.75 bits per heavy atom. The van der Waals surface area contributed by atoms with Crippen LogP contribution >= 0.6 is 0 Å². The van der Waals surface area contributed by atoms with Crippen LogP contribution in [0.5, 0.6) is 0 Å². The molecule has 0 aromatic heterocycles. The van der Waals surface area contributed by atoms with Crippen molar-refractivity contribution in [2.75, 3.05) is 5.32 Å². The zero-order valence-corrected chi connectivity index (χ0v) is 13.4. The summed E-state index contributed by atoms with van der Waals surface area (Å²) in [7, 11) is 0. The maximum Gasteiger partial charge on any atom is 0.243 e. The van der Waals surface area contributed by atoms with Gasteiger partial charge in [0.25, 0.3) is 0 Å². The minimum atomic E-state index is -0.671. The standard InChI is InChI=1S/C17H28N2O/c1-12(2)10-17(16(18)20,11-13(3)4)19-15-8-6-7-14(5)9-15/h6-9,12-13,19H,10-11H2,1-5H3,(H2,18,20). The minimum Gasteiger partial charge on any atom is -0.371 e. The van der Waals surface area contributed by atoms with Gasteiger partial charge in [-0.05, 0) is 49.3 Å². The van der Waals surface area contributed by atoms with E-state index in [9.17, 15) is 4.79 Å². The first-order valence-electron chi connectivity index (χ1n) is 7.40. The summed E-state index contributed by atoms with van der Waals surface area (Å²) in [5.41, 5.74) is 7.21. The first-order chi connectivity index (χ1) is 9.25. The zero-order valence-electron chi connectivity index (χ0n) is 13.4. The molecule has 0 saturated heterocycles. The van der Waals surface area contributed by atoms with Crippen LogP contribution in [0.25, 0.3) is 0 Å². The van der Waals surface area contributed by atoms with Crippen molar-refractivity contribution in [3.8, 4) is 0 Å². The van der Waals surface area contributed by atoms with Crippen molar-refractivity contribution in [1.29, 1.82) is 0 Å². The van der Waals surface area contributed by atoms with Crippen LogP contribution in [-0.2, 0) is 4.79 Å². The second-order valence-corrected chi connectivity index (χ2v) is 6.64. The molecular weight excluding hydrogens is 248 g/mol. The Morgan fingerprint density at radius 3 is 2.15 bits per heavy atom. The SMILES string of the molecule is Cc1cccc(NC(CC(C)C)(CC(C)C)C(N)=O)c1. The third-order valence-corrected chi connectivity index (χ3v) is 3.39. The summed E-state index contributed by atoms with van der Waals surface area (Å²) in [5.74, 6) is 0.540. The molecule has 112 valence electrons. The Balaban J connectivity index is 3.10. The molecule has 0 bridgehead atoms. The third kappa shape index (κ3) is 4.55. The van der Waals surface area contributed by atoms with Crippen LogP contribution in [0.2, 0.25) is 0 Å². The molecular formula is C17H28N2O. The maximum atomic E-state index is 12.1. The van der Waals surface area contributed by atoms with Gasteiger partial charge in [0, 0.05) is 5.69 Å². The van der Waals surface area contributed by atoms with Crippen LogP contribution in [0.4, 0.5) is 5.69 Å². The average Bonchev–Trinajstić information content (AvgIpc) is 2.26. The van der Waals surface area contributed by atoms with Crippen molar-refractivity contribution >= 4 is 11.6 Å². The monoisotopic (exact) mass is 276 g/mol. The molecule has 1 aromatic carbocycles. The van der Waals surface area contributed by atoms with E-state index in [0.717, 1.165) is 18.5 Å². The topological polar surface area (TPSA) is 55.1 Å². The Bertz CT molecular complexity index is 442. The van der Waals surface area contributed by atoms with Gasteiger partial charge in [-0.15, -0.1) is 0 Å². The van der Waals surface area contributed by atoms with E-state index in [0.29, 0.717) is 11.8 Å². The van der Waals surface area contributed by atoms with Gasteiger partial charge in [0.05, 0.1) is 0 Å². The lowest BCUT2D eigenvalue weighted by molar-refractivity contribution is -0.123. The molecule has 0 aliphatic carbocycles. The van der Waals surface area contributed by atoms with Crippen molar-refractivity contribution < 1.29 is 4.79 Å². The number of nitrogens with one attached hydrogen (secondary N) is 1. The summed E-state index contributed by atoms with van der Waals surface area (Å²) >= 11 is 0. The summed E-state index contributed by atoms with van der Waals surface area (Å²) in [4.78, 5) is 12.1. The molecule has 0 aliphatic heterocycles. The lowest BCUT2D eigenvalue weighted by Gasteiger charge is -2.36. The van der Waals surface area contributed by atoms with Crippen LogP contribution in [0.3, 0.4) is 0 Å². The molecule has 3 heteroatoms. The van der Waals surface area contributed by atoms with Crippen molar-refractivity contribution in [2.45, 2.75) is 53.0 Å². The van der Waals surface area contributed by atoms with E-state index in [-0.39, 0.29) is 5.91 Å². The second-order valence-electron chi connectivity index (χ2n) is 6.64. The Labute approximate surface area is 122 Å². The molecule has 1 aromatic rings. The van der Waals surface area contributed by atoms with Gasteiger partial charge in [-0.3, -0.25) is 4.79 Å². The van der Waals surface area contributed by atoms with Gasteiger partial charge < -0.3 is 11.1 Å². The summed E-state index contributed by atoms with van der Waals surface area (Å²) < 4.78 is 0. The van der Waals surface area contributed by atoms with Gasteiger partial charge in [-0.2, -0.15) is 0 Å². The highest BCUT2D eigenvalue weighted by Crippen LogP contribution is 2.29. The van der Waals surface area contributed by atoms with E-state index in [1.807, 2.05) is 25.1 Å². The number of carbonyl (C=O) groups is 1. The van der Waals surface area contributed by atoms with Crippen LogP contribution in [-0.4, -0.2) is 11.4 Å². The van der Waals surface area contributed by atoms with Crippen LogP contribution in [0.15, 0.2) is 24.3 Å². The molecule has 0 atom stereocenters. The van der Waals surface area contributed by atoms with Gasteiger partial charge in [0.2, 0.25) is 5.91 Å². The van der Waals surface area contributed by atoms with E-state index in [4.69, 9.17) is 5.73 Å². The smallest absolute Gasteiger partial charge is 0.243 e. The Morgan fingerprint density at radius 1 is 1.20 bits per heavy atom. The van der Waals surface area contributed by atoms with Gasteiger partial charge in [-0.1, -0.05) is 39.8 Å². The predicted molar refractivity (Wildman–Crippen MR) is 85.6 cm³/mol. The molecule has 0 saturated carbocycles. The van der Waals surface area contributed by atoms with Gasteiger partial charge in [-0.25, -0.2) is 0 Å². The third-order valence-electron chi connectivity index (χ3n) is 3.39. The molecule has 1 amide bonds. The number of benzene rings is 1. The molecule has 0 unspecified atom stereocenters. The predicted octanol–water partition coefficient (Wildman–Crippen LogP) is 3.72. The summed E-state index contributed by atoms with van der Waals surface area (Å²) in [5, 5.41) is 3.42. The number of amides is 1. The van der Waals surface area contributed by atoms with E-state index < -0.39 is 5.54 Å². The van der Waals surface area contributed by atoms with Crippen molar-refractivity contribution in [3.63, 3.8) is 0 Å². The van der Waals surface area contributed by atoms with E-state index >= 15 is 0 Å².